The molecule has 1 N–H and O–H groups in total. The first kappa shape index (κ1) is 19.5. The number of likely N-dealkylation sites (tertiary alicyclic amines) is 1. The fourth-order valence-corrected chi connectivity index (χ4v) is 3.89. The highest BCUT2D eigenvalue weighted by molar-refractivity contribution is 5.78. The largest absolute Gasteiger partial charge is 0.468 e. The molecule has 6 nitrogen and oxygen atoms in total. The average Bonchev–Trinajstić information content (AvgIpc) is 3.46. The third-order valence-corrected chi connectivity index (χ3v) is 5.54. The number of nitrogens with one attached hydrogen (secondary N) is 1. The Labute approximate surface area is 170 Å². The zero-order chi connectivity index (χ0) is 20.2. The molecule has 0 spiro atoms. The van der Waals surface area contributed by atoms with E-state index >= 15 is 0 Å². The second-order valence-corrected chi connectivity index (χ2v) is 7.59. The smallest absolute Gasteiger partial charge is 0.226 e. The number of benzene rings is 1. The number of rotatable bonds is 7. The van der Waals surface area contributed by atoms with Gasteiger partial charge in [-0.05, 0) is 63.5 Å². The van der Waals surface area contributed by atoms with Gasteiger partial charge in [0.2, 0.25) is 11.8 Å². The van der Waals surface area contributed by atoms with Gasteiger partial charge in [-0.2, -0.15) is 0 Å². The summed E-state index contributed by atoms with van der Waals surface area (Å²) >= 11 is 0. The lowest BCUT2D eigenvalue weighted by atomic mass is 10.1. The fraction of sp³-hybridized carbons (Fsp3) is 0.391. The van der Waals surface area contributed by atoms with E-state index in [4.69, 9.17) is 8.83 Å². The molecule has 1 aliphatic heterocycles. The van der Waals surface area contributed by atoms with Crippen molar-refractivity contribution in [2.75, 3.05) is 19.6 Å². The van der Waals surface area contributed by atoms with Gasteiger partial charge in [-0.15, -0.1) is 0 Å². The van der Waals surface area contributed by atoms with Crippen molar-refractivity contribution in [3.8, 4) is 11.5 Å². The molecule has 4 rings (SSSR count). The highest BCUT2D eigenvalue weighted by Gasteiger charge is 2.26. The molecule has 3 heterocycles. The molecule has 1 amide bonds. The maximum Gasteiger partial charge on any atom is 0.226 e. The van der Waals surface area contributed by atoms with E-state index in [0.29, 0.717) is 23.9 Å². The highest BCUT2D eigenvalue weighted by atomic mass is 16.4. The van der Waals surface area contributed by atoms with E-state index in [1.807, 2.05) is 50.2 Å². The first-order valence-corrected chi connectivity index (χ1v) is 10.2. The molecule has 29 heavy (non-hydrogen) atoms. The standard InChI is InChI=1S/C23H27N3O3/c1-16-8-3-4-9-18(16)23-25-19(17(2)29-23)14-22(27)24-15-20(21-10-7-13-28-21)26-11-5-6-12-26/h3-4,7-10,13,20H,5-6,11-12,14-15H2,1-2H3,(H,24,27). The van der Waals surface area contributed by atoms with Crippen LogP contribution in [-0.4, -0.2) is 35.4 Å². The molecule has 1 aliphatic rings. The van der Waals surface area contributed by atoms with Crippen molar-refractivity contribution in [1.82, 2.24) is 15.2 Å². The van der Waals surface area contributed by atoms with Crippen LogP contribution in [-0.2, 0) is 11.2 Å². The number of furan rings is 1. The minimum absolute atomic E-state index is 0.0616. The molecule has 1 atom stereocenters. The van der Waals surface area contributed by atoms with Crippen LogP contribution in [0.25, 0.3) is 11.5 Å². The minimum atomic E-state index is -0.0616. The van der Waals surface area contributed by atoms with E-state index in [1.165, 1.54) is 12.8 Å². The number of aromatic nitrogens is 1. The summed E-state index contributed by atoms with van der Waals surface area (Å²) in [7, 11) is 0. The van der Waals surface area contributed by atoms with Gasteiger partial charge in [-0.1, -0.05) is 18.2 Å². The number of oxazole rings is 1. The number of amides is 1. The Kier molecular flexibility index (Phi) is 5.81. The minimum Gasteiger partial charge on any atom is -0.468 e. The van der Waals surface area contributed by atoms with Crippen molar-refractivity contribution in [3.05, 3.63) is 65.4 Å². The van der Waals surface area contributed by atoms with E-state index in [-0.39, 0.29) is 18.4 Å². The Morgan fingerprint density at radius 1 is 1.17 bits per heavy atom. The lowest BCUT2D eigenvalue weighted by molar-refractivity contribution is -0.120. The normalized spacial score (nSPS) is 15.5. The molecule has 1 saturated heterocycles. The summed E-state index contributed by atoms with van der Waals surface area (Å²) in [6.45, 7) is 6.46. The number of aryl methyl sites for hydroxylation is 2. The summed E-state index contributed by atoms with van der Waals surface area (Å²) in [5, 5.41) is 3.06. The molecule has 1 aromatic carbocycles. The quantitative estimate of drug-likeness (QED) is 0.656. The Hall–Kier alpha value is -2.86. The fourth-order valence-electron chi connectivity index (χ4n) is 3.89. The molecule has 152 valence electrons. The zero-order valence-electron chi connectivity index (χ0n) is 17.0. The van der Waals surface area contributed by atoms with Gasteiger partial charge in [0.25, 0.3) is 0 Å². The van der Waals surface area contributed by atoms with E-state index in [1.54, 1.807) is 6.26 Å². The van der Waals surface area contributed by atoms with Crippen molar-refractivity contribution >= 4 is 5.91 Å². The molecular formula is C23H27N3O3. The van der Waals surface area contributed by atoms with Gasteiger partial charge in [0, 0.05) is 12.1 Å². The van der Waals surface area contributed by atoms with Crippen LogP contribution in [0.5, 0.6) is 0 Å². The predicted molar refractivity (Wildman–Crippen MR) is 110 cm³/mol. The number of carbonyl (C=O) groups is 1. The summed E-state index contributed by atoms with van der Waals surface area (Å²) in [4.78, 5) is 19.6. The van der Waals surface area contributed by atoms with Crippen molar-refractivity contribution in [1.29, 1.82) is 0 Å². The van der Waals surface area contributed by atoms with Crippen molar-refractivity contribution in [2.24, 2.45) is 0 Å². The van der Waals surface area contributed by atoms with Crippen LogP contribution in [0.3, 0.4) is 0 Å². The van der Waals surface area contributed by atoms with Gasteiger partial charge < -0.3 is 14.2 Å². The Bertz CT molecular complexity index is 956. The number of carbonyl (C=O) groups excluding carboxylic acids is 1. The molecule has 2 aromatic heterocycles. The maximum absolute atomic E-state index is 12.6. The van der Waals surface area contributed by atoms with Crippen LogP contribution in [0.1, 0.15) is 41.7 Å². The van der Waals surface area contributed by atoms with Gasteiger partial charge in [-0.25, -0.2) is 4.98 Å². The van der Waals surface area contributed by atoms with Crippen molar-refractivity contribution in [3.63, 3.8) is 0 Å². The second kappa shape index (κ2) is 8.66. The second-order valence-electron chi connectivity index (χ2n) is 7.59. The molecule has 0 bridgehead atoms. The van der Waals surface area contributed by atoms with Crippen LogP contribution >= 0.6 is 0 Å². The van der Waals surface area contributed by atoms with Crippen molar-refractivity contribution in [2.45, 2.75) is 39.2 Å². The number of nitrogens with zero attached hydrogens (tertiary/aromatic N) is 2. The van der Waals surface area contributed by atoms with Crippen LogP contribution in [0, 0.1) is 13.8 Å². The number of hydrogen-bond donors (Lipinski definition) is 1. The van der Waals surface area contributed by atoms with Crippen molar-refractivity contribution < 1.29 is 13.6 Å². The Morgan fingerprint density at radius 3 is 2.69 bits per heavy atom. The molecule has 1 unspecified atom stereocenters. The Balaban J connectivity index is 1.41. The molecule has 0 saturated carbocycles. The van der Waals surface area contributed by atoms with Gasteiger partial charge in [-0.3, -0.25) is 9.69 Å². The maximum atomic E-state index is 12.6. The molecule has 6 heteroatoms. The van der Waals surface area contributed by atoms with E-state index in [9.17, 15) is 4.79 Å². The third-order valence-electron chi connectivity index (χ3n) is 5.54. The summed E-state index contributed by atoms with van der Waals surface area (Å²) in [6, 6.07) is 11.9. The molecule has 0 aliphatic carbocycles. The molecule has 1 fully saturated rings. The lowest BCUT2D eigenvalue weighted by Gasteiger charge is -2.25. The van der Waals surface area contributed by atoms with Gasteiger partial charge >= 0.3 is 0 Å². The van der Waals surface area contributed by atoms with Crippen LogP contribution in [0.15, 0.2) is 51.5 Å². The summed E-state index contributed by atoms with van der Waals surface area (Å²) in [5.74, 6) is 2.08. The average molecular weight is 393 g/mol. The topological polar surface area (TPSA) is 71.5 Å². The SMILES string of the molecule is Cc1ccccc1-c1nc(CC(=O)NCC(c2ccco2)N2CCCC2)c(C)o1. The van der Waals surface area contributed by atoms with E-state index in [0.717, 1.165) is 30.0 Å². The van der Waals surface area contributed by atoms with Gasteiger partial charge in [0.1, 0.15) is 11.5 Å². The summed E-state index contributed by atoms with van der Waals surface area (Å²) in [5.41, 5.74) is 2.72. The van der Waals surface area contributed by atoms with Gasteiger partial charge in [0.15, 0.2) is 0 Å². The van der Waals surface area contributed by atoms with E-state index in [2.05, 4.69) is 15.2 Å². The molecule has 3 aromatic rings. The molecule has 0 radical (unpaired) electrons. The zero-order valence-corrected chi connectivity index (χ0v) is 17.0. The first-order valence-electron chi connectivity index (χ1n) is 10.2. The third kappa shape index (κ3) is 4.43. The van der Waals surface area contributed by atoms with Crippen LogP contribution < -0.4 is 5.32 Å². The van der Waals surface area contributed by atoms with Crippen LogP contribution in [0.4, 0.5) is 0 Å². The lowest BCUT2D eigenvalue weighted by Crippen LogP contribution is -2.37. The first-order chi connectivity index (χ1) is 14.1. The summed E-state index contributed by atoms with van der Waals surface area (Å²) < 4.78 is 11.5. The van der Waals surface area contributed by atoms with E-state index < -0.39 is 0 Å². The Morgan fingerprint density at radius 2 is 1.97 bits per heavy atom. The number of hydrogen-bond acceptors (Lipinski definition) is 5. The molecular weight excluding hydrogens is 366 g/mol. The summed E-state index contributed by atoms with van der Waals surface area (Å²) in [6.07, 6.45) is 4.26. The van der Waals surface area contributed by atoms with Gasteiger partial charge in [0.05, 0.1) is 24.4 Å². The monoisotopic (exact) mass is 393 g/mol. The predicted octanol–water partition coefficient (Wildman–Crippen LogP) is 4.05. The van der Waals surface area contributed by atoms with Crippen LogP contribution in [0.2, 0.25) is 0 Å². The highest BCUT2D eigenvalue weighted by Crippen LogP contribution is 2.26.